The molecule has 2 saturated carbocycles. The number of aliphatic hydroxyl groups is 2. The van der Waals surface area contributed by atoms with E-state index in [2.05, 4.69) is 22.5 Å². The summed E-state index contributed by atoms with van der Waals surface area (Å²) >= 11 is 0. The molecule has 71 heavy (non-hydrogen) atoms. The highest BCUT2D eigenvalue weighted by molar-refractivity contribution is 5.96. The Hall–Kier alpha value is -5.72. The smallest absolute Gasteiger partial charge is 0.149 e. The van der Waals surface area contributed by atoms with Crippen molar-refractivity contribution in [3.05, 3.63) is 101 Å². The minimum atomic E-state index is -1.06. The number of methoxy groups -OCH3 is 1. The van der Waals surface area contributed by atoms with Gasteiger partial charge < -0.3 is 59.3 Å². The molecule has 3 fully saturated rings. The molecule has 0 amide bonds. The van der Waals surface area contributed by atoms with Crippen LogP contribution in [0.3, 0.4) is 0 Å². The van der Waals surface area contributed by atoms with Crippen LogP contribution in [0.15, 0.2) is 72.8 Å². The zero-order chi connectivity index (χ0) is 48.8. The van der Waals surface area contributed by atoms with E-state index in [0.29, 0.717) is 98.7 Å². The number of aryl methyl sites for hydroxylation is 1. The first-order valence-corrected chi connectivity index (χ1v) is 25.7. The molecule has 0 radical (unpaired) electrons. The number of phenols is 3. The van der Waals surface area contributed by atoms with Gasteiger partial charge in [-0.3, -0.25) is 5.32 Å². The summed E-state index contributed by atoms with van der Waals surface area (Å²) in [5.41, 5.74) is 4.91. The predicted molar refractivity (Wildman–Crippen MR) is 268 cm³/mol. The van der Waals surface area contributed by atoms with Crippen molar-refractivity contribution in [2.75, 3.05) is 40.1 Å². The Balaban J connectivity index is 1.06. The van der Waals surface area contributed by atoms with Gasteiger partial charge in [0.15, 0.2) is 0 Å². The number of phenolic OH excluding ortho intramolecular Hbond substituents is 3. The number of hydrogen-bond acceptors (Lipinski definition) is 13. The van der Waals surface area contributed by atoms with Crippen molar-refractivity contribution < 1.29 is 54.0 Å². The lowest BCUT2D eigenvalue weighted by Crippen LogP contribution is -2.69. The lowest BCUT2D eigenvalue weighted by atomic mass is 9.68. The second-order valence-electron chi connectivity index (χ2n) is 20.5. The van der Waals surface area contributed by atoms with E-state index in [0.717, 1.165) is 64.5 Å². The molecule has 5 aromatic rings. The molecule has 1 spiro atoms. The number of benzene rings is 5. The monoisotopic (exact) mass is 966 g/mol. The van der Waals surface area contributed by atoms with Gasteiger partial charge in [0.05, 0.1) is 48.6 Å². The van der Waals surface area contributed by atoms with Crippen LogP contribution < -0.4 is 29.6 Å². The van der Waals surface area contributed by atoms with Gasteiger partial charge in [0.2, 0.25) is 0 Å². The van der Waals surface area contributed by atoms with Gasteiger partial charge >= 0.3 is 0 Å². The van der Waals surface area contributed by atoms with Crippen molar-refractivity contribution in [3.63, 3.8) is 0 Å². The molecule has 13 heteroatoms. The maximum absolute atomic E-state index is 13.3. The zero-order valence-electron chi connectivity index (χ0n) is 40.6. The maximum Gasteiger partial charge on any atom is 0.149 e. The topological polar surface area (TPSA) is 181 Å². The van der Waals surface area contributed by atoms with Gasteiger partial charge in [-0.2, -0.15) is 0 Å². The molecule has 4 heterocycles. The fourth-order valence-electron chi connectivity index (χ4n) is 12.7. The molecule has 374 valence electrons. The summed E-state index contributed by atoms with van der Waals surface area (Å²) in [5.74, 6) is 8.42. The number of nitrogens with one attached hydrogen (secondary N) is 2. The van der Waals surface area contributed by atoms with Crippen LogP contribution in [-0.2, 0) is 22.3 Å². The molecule has 2 bridgehead atoms. The van der Waals surface area contributed by atoms with Crippen LogP contribution in [0.2, 0.25) is 0 Å². The third kappa shape index (κ3) is 9.13. The lowest BCUT2D eigenvalue weighted by Gasteiger charge is -2.54. The SMILES string of the molecule is CCc1cc(-c2cccc(O)c2)c(Cc2cc(OC3CCCC3)cc3c2OCC(C2C(CCCOC)Oc4c5cc(c6cc(O)ccc46)OCC#CC4CNCNC46CCC(O)CC6OC52)C3O)cc1O. The highest BCUT2D eigenvalue weighted by atomic mass is 16.5. The van der Waals surface area contributed by atoms with E-state index >= 15 is 0 Å². The number of ether oxygens (including phenoxy) is 6. The summed E-state index contributed by atoms with van der Waals surface area (Å²) in [6.07, 6.45) is 4.66. The predicted octanol–water partition coefficient (Wildman–Crippen LogP) is 8.52. The minimum Gasteiger partial charge on any atom is -0.508 e. The van der Waals surface area contributed by atoms with Gasteiger partial charge in [-0.05, 0) is 141 Å². The van der Waals surface area contributed by atoms with E-state index in [1.165, 1.54) is 0 Å². The summed E-state index contributed by atoms with van der Waals surface area (Å²) in [7, 11) is 1.69. The molecule has 0 aromatic heterocycles. The van der Waals surface area contributed by atoms with E-state index in [1.54, 1.807) is 31.4 Å². The molecule has 11 rings (SSSR count). The first kappa shape index (κ1) is 47.6. The highest BCUT2D eigenvalue weighted by Gasteiger charge is 2.55. The van der Waals surface area contributed by atoms with Crippen LogP contribution in [0, 0.1) is 29.6 Å². The van der Waals surface area contributed by atoms with Crippen molar-refractivity contribution >= 4 is 10.8 Å². The van der Waals surface area contributed by atoms with Gasteiger partial charge in [-0.15, -0.1) is 0 Å². The molecule has 5 aromatic carbocycles. The fourth-order valence-corrected chi connectivity index (χ4v) is 12.7. The quantitative estimate of drug-likeness (QED) is 0.0495. The Bertz CT molecular complexity index is 2840. The van der Waals surface area contributed by atoms with E-state index in [9.17, 15) is 25.5 Å². The second kappa shape index (κ2) is 20.1. The van der Waals surface area contributed by atoms with Crippen LogP contribution in [0.25, 0.3) is 21.9 Å². The third-order valence-corrected chi connectivity index (χ3v) is 16.2. The van der Waals surface area contributed by atoms with Crippen molar-refractivity contribution in [2.24, 2.45) is 17.8 Å². The molecule has 4 aliphatic heterocycles. The molecule has 6 aliphatic rings. The average molecular weight is 967 g/mol. The summed E-state index contributed by atoms with van der Waals surface area (Å²) in [6, 6.07) is 22.1. The first-order chi connectivity index (χ1) is 34.6. The average Bonchev–Trinajstić information content (AvgIpc) is 3.88. The zero-order valence-corrected chi connectivity index (χ0v) is 40.6. The number of fused-ring (bicyclic) bond motifs is 5. The summed E-state index contributed by atoms with van der Waals surface area (Å²) < 4.78 is 41.0. The standard InChI is InChI=1S/C58H66N2O11/c1-3-33-24-44(34-9-6-11-38(61)22-34)35(25-49(33)64)21-36-23-42(69-41-12-4-5-13-41)28-46-54(65)48(31-68-55(36)46)53-50(14-8-19-66-2)70-56-43-16-15-39(62)26-45(43)51-29-47(56)57(53)71-52-27-40(63)17-18-58(52)37(10-7-20-67-51)30-59-32-60-58/h6,9,11,15-16,22-26,28-29,37,40-41,48,50,52-54,57,59-65H,3-5,8,12-14,17-21,27,30-32H2,1-2H3. The number of aliphatic hydroxyl groups excluding tert-OH is 2. The van der Waals surface area contributed by atoms with Gasteiger partial charge in [-0.1, -0.05) is 30.9 Å². The van der Waals surface area contributed by atoms with Crippen LogP contribution >= 0.6 is 0 Å². The lowest BCUT2D eigenvalue weighted by molar-refractivity contribution is -0.174. The van der Waals surface area contributed by atoms with E-state index in [4.69, 9.17) is 28.4 Å². The van der Waals surface area contributed by atoms with E-state index in [-0.39, 0.29) is 42.5 Å². The Morgan fingerprint density at radius 3 is 2.55 bits per heavy atom. The normalized spacial score (nSPS) is 28.1. The van der Waals surface area contributed by atoms with Crippen molar-refractivity contribution in [3.8, 4) is 63.2 Å². The molecule has 2 aliphatic carbocycles. The van der Waals surface area contributed by atoms with E-state index in [1.807, 2.05) is 55.5 Å². The van der Waals surface area contributed by atoms with Crippen molar-refractivity contribution in [2.45, 2.75) is 120 Å². The third-order valence-electron chi connectivity index (χ3n) is 16.2. The number of aromatic hydroxyl groups is 3. The van der Waals surface area contributed by atoms with Crippen LogP contribution in [0.4, 0.5) is 0 Å². The maximum atomic E-state index is 13.3. The van der Waals surface area contributed by atoms with Crippen LogP contribution in [0.5, 0.6) is 40.2 Å². The van der Waals surface area contributed by atoms with Crippen LogP contribution in [0.1, 0.15) is 105 Å². The van der Waals surface area contributed by atoms with Gasteiger partial charge in [0.25, 0.3) is 0 Å². The highest BCUT2D eigenvalue weighted by Crippen LogP contribution is 2.56. The molecule has 1 saturated heterocycles. The van der Waals surface area contributed by atoms with E-state index < -0.39 is 47.9 Å². The van der Waals surface area contributed by atoms with Gasteiger partial charge in [-0.25, -0.2) is 0 Å². The van der Waals surface area contributed by atoms with Crippen LogP contribution in [-0.4, -0.2) is 95.6 Å². The summed E-state index contributed by atoms with van der Waals surface area (Å²) in [4.78, 5) is 0. The summed E-state index contributed by atoms with van der Waals surface area (Å²) in [5, 5.41) is 66.2. The van der Waals surface area contributed by atoms with Crippen molar-refractivity contribution in [1.29, 1.82) is 0 Å². The molecule has 9 unspecified atom stereocenters. The Morgan fingerprint density at radius 2 is 1.72 bits per heavy atom. The molecular weight excluding hydrogens is 901 g/mol. The molecule has 9 atom stereocenters. The van der Waals surface area contributed by atoms with Gasteiger partial charge in [0, 0.05) is 79.1 Å². The minimum absolute atomic E-state index is 0.0375. The molecule has 13 nitrogen and oxygen atoms in total. The van der Waals surface area contributed by atoms with Gasteiger partial charge in [0.1, 0.15) is 53.0 Å². The number of hydrogen-bond donors (Lipinski definition) is 7. The Kier molecular flexibility index (Phi) is 13.4. The Morgan fingerprint density at radius 1 is 0.859 bits per heavy atom. The molecule has 7 N–H and O–H groups in total. The number of rotatable bonds is 11. The molecular formula is C58H66N2O11. The second-order valence-corrected chi connectivity index (χ2v) is 20.5. The van der Waals surface area contributed by atoms with Crippen molar-refractivity contribution in [1.82, 2.24) is 10.6 Å². The first-order valence-electron chi connectivity index (χ1n) is 25.7. The Labute approximate surface area is 415 Å². The fraction of sp³-hybridized carbons (Fsp3) is 0.483. The largest absolute Gasteiger partial charge is 0.508 e. The summed E-state index contributed by atoms with van der Waals surface area (Å²) in [6.45, 7) is 3.96.